The molecule has 0 bridgehead atoms. The number of methoxy groups -OCH3 is 1. The van der Waals surface area contributed by atoms with Gasteiger partial charge in [-0.25, -0.2) is 9.48 Å². The van der Waals surface area contributed by atoms with Gasteiger partial charge >= 0.3 is 5.97 Å². The van der Waals surface area contributed by atoms with Crippen LogP contribution in [0.15, 0.2) is 59.4 Å². The van der Waals surface area contributed by atoms with Gasteiger partial charge in [0.05, 0.1) is 23.6 Å². The normalized spacial score (nSPS) is 11.7. The van der Waals surface area contributed by atoms with E-state index in [9.17, 15) is 14.4 Å². The van der Waals surface area contributed by atoms with E-state index in [1.807, 2.05) is 24.3 Å². The van der Waals surface area contributed by atoms with Crippen molar-refractivity contribution in [1.82, 2.24) is 9.36 Å². The molecule has 0 aliphatic carbocycles. The van der Waals surface area contributed by atoms with Crippen LogP contribution in [0, 0.1) is 6.92 Å². The predicted octanol–water partition coefficient (Wildman–Crippen LogP) is 2.81. The molecule has 0 saturated heterocycles. The lowest BCUT2D eigenvalue weighted by Crippen LogP contribution is -2.32. The van der Waals surface area contributed by atoms with Crippen LogP contribution in [0.1, 0.15) is 28.5 Å². The number of hydrogen-bond acceptors (Lipinski definition) is 5. The topological polar surface area (TPSA) is 91.6 Å². The molecule has 162 valence electrons. The first kappa shape index (κ1) is 22.0. The van der Waals surface area contributed by atoms with Crippen LogP contribution in [0.2, 0.25) is 0 Å². The van der Waals surface area contributed by atoms with Gasteiger partial charge in [0.2, 0.25) is 0 Å². The Morgan fingerprint density at radius 1 is 1.10 bits per heavy atom. The Morgan fingerprint density at radius 3 is 2.48 bits per heavy atom. The summed E-state index contributed by atoms with van der Waals surface area (Å²) in [6, 6.07) is 15.9. The van der Waals surface area contributed by atoms with Crippen LogP contribution in [0.25, 0.3) is 5.69 Å². The minimum absolute atomic E-state index is 0.140. The van der Waals surface area contributed by atoms with E-state index >= 15 is 0 Å². The largest absolute Gasteiger partial charge is 0.449 e. The highest BCUT2D eigenvalue weighted by molar-refractivity contribution is 5.97. The number of hydrogen-bond donors (Lipinski definition) is 1. The molecule has 31 heavy (non-hydrogen) atoms. The van der Waals surface area contributed by atoms with E-state index < -0.39 is 18.0 Å². The van der Waals surface area contributed by atoms with Crippen molar-refractivity contribution in [1.29, 1.82) is 0 Å². The Kier molecular flexibility index (Phi) is 6.71. The molecule has 0 unspecified atom stereocenters. The number of para-hydroxylation sites is 1. The molecule has 8 nitrogen and oxygen atoms in total. The van der Waals surface area contributed by atoms with Crippen molar-refractivity contribution in [3.8, 4) is 5.69 Å². The molecule has 0 aliphatic heterocycles. The molecule has 0 radical (unpaired) electrons. The summed E-state index contributed by atoms with van der Waals surface area (Å²) in [5, 5.41) is 2.61. The second kappa shape index (κ2) is 9.44. The number of aromatic nitrogens is 2. The van der Waals surface area contributed by atoms with Gasteiger partial charge in [0.1, 0.15) is 5.69 Å². The molecular formula is C23H25N3O5. The third kappa shape index (κ3) is 4.75. The molecule has 3 aromatic rings. The van der Waals surface area contributed by atoms with Crippen molar-refractivity contribution >= 4 is 17.6 Å². The third-order valence-electron chi connectivity index (χ3n) is 4.93. The van der Waals surface area contributed by atoms with E-state index in [1.165, 1.54) is 11.6 Å². The minimum atomic E-state index is -1.09. The van der Waals surface area contributed by atoms with Crippen molar-refractivity contribution in [2.75, 3.05) is 12.4 Å². The van der Waals surface area contributed by atoms with Crippen LogP contribution in [-0.4, -0.2) is 34.5 Å². The zero-order chi connectivity index (χ0) is 22.5. The van der Waals surface area contributed by atoms with E-state index in [4.69, 9.17) is 9.47 Å². The van der Waals surface area contributed by atoms with Crippen LogP contribution in [0.3, 0.4) is 0 Å². The van der Waals surface area contributed by atoms with Crippen molar-refractivity contribution in [3.63, 3.8) is 0 Å². The Bertz CT molecular complexity index is 1150. The maximum Gasteiger partial charge on any atom is 0.338 e. The molecule has 0 fully saturated rings. The number of anilines is 1. The fraction of sp³-hybridized carbons (Fsp3) is 0.261. The van der Waals surface area contributed by atoms with E-state index in [1.54, 1.807) is 56.1 Å². The van der Waals surface area contributed by atoms with Gasteiger partial charge in [-0.15, -0.1) is 0 Å². The van der Waals surface area contributed by atoms with Gasteiger partial charge in [0, 0.05) is 14.2 Å². The number of rotatable bonds is 7. The number of nitrogens with one attached hydrogen (secondary N) is 1. The van der Waals surface area contributed by atoms with Crippen molar-refractivity contribution < 1.29 is 19.1 Å². The summed E-state index contributed by atoms with van der Waals surface area (Å²) in [6.07, 6.45) is -1.09. The lowest BCUT2D eigenvalue weighted by molar-refractivity contribution is -0.123. The summed E-state index contributed by atoms with van der Waals surface area (Å²) >= 11 is 0. The molecule has 1 aromatic heterocycles. The molecule has 1 atom stereocenters. The molecule has 1 amide bonds. The third-order valence-corrected chi connectivity index (χ3v) is 4.93. The number of esters is 1. The smallest absolute Gasteiger partial charge is 0.338 e. The van der Waals surface area contributed by atoms with Crippen molar-refractivity contribution in [2.45, 2.75) is 26.6 Å². The highest BCUT2D eigenvalue weighted by Crippen LogP contribution is 2.15. The predicted molar refractivity (Wildman–Crippen MR) is 116 cm³/mol. The van der Waals surface area contributed by atoms with Gasteiger partial charge in [0.15, 0.2) is 6.10 Å². The number of carbonyl (C=O) groups excluding carboxylic acids is 2. The lowest BCUT2D eigenvalue weighted by Gasteiger charge is -2.13. The summed E-state index contributed by atoms with van der Waals surface area (Å²) in [5.41, 5.74) is 2.15. The number of carbonyl (C=O) groups is 2. The van der Waals surface area contributed by atoms with Crippen LogP contribution in [0.5, 0.6) is 0 Å². The molecule has 8 heteroatoms. The average Bonchev–Trinajstić information content (AvgIpc) is 2.97. The number of ether oxygens (including phenoxy) is 2. The second-order valence-corrected chi connectivity index (χ2v) is 7.11. The SMILES string of the molecule is COCc1cccc(C(=O)O[C@H](C)C(=O)Nc2c(C)n(C)n(-c3ccccc3)c2=O)c1. The second-order valence-electron chi connectivity index (χ2n) is 7.11. The molecule has 1 N–H and O–H groups in total. The summed E-state index contributed by atoms with van der Waals surface area (Å²) in [4.78, 5) is 38.0. The van der Waals surface area contributed by atoms with Crippen LogP contribution >= 0.6 is 0 Å². The lowest BCUT2D eigenvalue weighted by atomic mass is 10.1. The molecule has 0 saturated carbocycles. The van der Waals surface area contributed by atoms with Gasteiger partial charge in [-0.1, -0.05) is 30.3 Å². The van der Waals surface area contributed by atoms with E-state index in [-0.39, 0.29) is 11.2 Å². The zero-order valence-electron chi connectivity index (χ0n) is 17.9. The van der Waals surface area contributed by atoms with E-state index in [0.29, 0.717) is 23.6 Å². The Morgan fingerprint density at radius 2 is 1.81 bits per heavy atom. The first-order valence-electron chi connectivity index (χ1n) is 9.77. The monoisotopic (exact) mass is 423 g/mol. The first-order valence-corrected chi connectivity index (χ1v) is 9.77. The summed E-state index contributed by atoms with van der Waals surface area (Å²) in [6.45, 7) is 3.55. The standard InChI is InChI=1S/C23H25N3O5/c1-15-20(22(28)26(25(15)3)19-11-6-5-7-12-19)24-21(27)16(2)31-23(29)18-10-8-9-17(13-18)14-30-4/h5-13,16H,14H2,1-4H3,(H,24,27)/t16-/m1/s1. The van der Waals surface area contributed by atoms with Crippen LogP contribution in [-0.2, 0) is 27.9 Å². The molecule has 2 aromatic carbocycles. The molecular weight excluding hydrogens is 398 g/mol. The number of benzene rings is 2. The molecule has 0 aliphatic rings. The summed E-state index contributed by atoms with van der Waals surface area (Å²) in [7, 11) is 3.30. The van der Waals surface area contributed by atoms with Crippen LogP contribution in [0.4, 0.5) is 5.69 Å². The minimum Gasteiger partial charge on any atom is -0.449 e. The Balaban J connectivity index is 1.75. The van der Waals surface area contributed by atoms with Crippen LogP contribution < -0.4 is 10.9 Å². The quantitative estimate of drug-likeness (QED) is 0.590. The van der Waals surface area contributed by atoms with E-state index in [2.05, 4.69) is 5.32 Å². The Labute approximate surface area is 180 Å². The van der Waals surface area contributed by atoms with Gasteiger partial charge < -0.3 is 14.8 Å². The fourth-order valence-electron chi connectivity index (χ4n) is 3.17. The first-order chi connectivity index (χ1) is 14.8. The maximum absolute atomic E-state index is 12.9. The summed E-state index contributed by atoms with van der Waals surface area (Å²) in [5.74, 6) is -1.22. The maximum atomic E-state index is 12.9. The average molecular weight is 423 g/mol. The fourth-order valence-corrected chi connectivity index (χ4v) is 3.17. The zero-order valence-corrected chi connectivity index (χ0v) is 17.9. The van der Waals surface area contributed by atoms with Crippen molar-refractivity contribution in [3.05, 3.63) is 81.8 Å². The number of amides is 1. The molecule has 3 rings (SSSR count). The van der Waals surface area contributed by atoms with Gasteiger partial charge in [0.25, 0.3) is 11.5 Å². The molecule has 1 heterocycles. The summed E-state index contributed by atoms with van der Waals surface area (Å²) < 4.78 is 13.5. The Hall–Kier alpha value is -3.65. The van der Waals surface area contributed by atoms with Crippen molar-refractivity contribution in [2.24, 2.45) is 7.05 Å². The highest BCUT2D eigenvalue weighted by Gasteiger charge is 2.23. The van der Waals surface area contributed by atoms with E-state index in [0.717, 1.165) is 5.56 Å². The highest BCUT2D eigenvalue weighted by atomic mass is 16.5. The number of nitrogens with zero attached hydrogens (tertiary/aromatic N) is 2. The van der Waals surface area contributed by atoms with Gasteiger partial charge in [-0.05, 0) is 43.7 Å². The molecule has 0 spiro atoms. The van der Waals surface area contributed by atoms with Gasteiger partial charge in [-0.3, -0.25) is 14.3 Å². The van der Waals surface area contributed by atoms with Gasteiger partial charge in [-0.2, -0.15) is 0 Å².